The number of rotatable bonds is 8. The van der Waals surface area contributed by atoms with Crippen LogP contribution in [0.25, 0.3) is 0 Å². The van der Waals surface area contributed by atoms with Crippen LogP contribution in [0.3, 0.4) is 0 Å². The topological polar surface area (TPSA) is 113 Å². The highest BCUT2D eigenvalue weighted by atomic mass is 32.2. The second-order valence-corrected chi connectivity index (χ2v) is 7.14. The Labute approximate surface area is 136 Å². The molecule has 0 aliphatic rings. The van der Waals surface area contributed by atoms with Gasteiger partial charge in [-0.1, -0.05) is 26.0 Å². The number of carboxylic acid groups (broad SMARTS) is 1. The van der Waals surface area contributed by atoms with Crippen LogP contribution in [0.2, 0.25) is 0 Å². The zero-order chi connectivity index (χ0) is 17.7. The van der Waals surface area contributed by atoms with Crippen LogP contribution in [0.4, 0.5) is 5.69 Å². The monoisotopic (exact) mass is 342 g/mol. The van der Waals surface area contributed by atoms with Crippen LogP contribution in [-0.4, -0.2) is 38.2 Å². The number of carbonyl (C=O) groups is 2. The van der Waals surface area contributed by atoms with Crippen molar-refractivity contribution in [2.45, 2.75) is 26.7 Å². The first-order valence-corrected chi connectivity index (χ1v) is 9.12. The Balaban J connectivity index is 2.97. The van der Waals surface area contributed by atoms with Crippen molar-refractivity contribution in [2.24, 2.45) is 5.41 Å². The average Bonchev–Trinajstić information content (AvgIpc) is 2.47. The van der Waals surface area contributed by atoms with Gasteiger partial charge in [0, 0.05) is 6.54 Å². The summed E-state index contributed by atoms with van der Waals surface area (Å²) in [6.07, 6.45) is 1.75. The molecule has 8 heteroatoms. The first-order valence-electron chi connectivity index (χ1n) is 7.23. The maximum atomic E-state index is 12.3. The molecule has 0 aliphatic carbocycles. The van der Waals surface area contributed by atoms with Gasteiger partial charge in [-0.15, -0.1) is 0 Å². The van der Waals surface area contributed by atoms with E-state index in [0.717, 1.165) is 6.26 Å². The van der Waals surface area contributed by atoms with Gasteiger partial charge in [0.15, 0.2) is 0 Å². The molecule has 0 spiro atoms. The van der Waals surface area contributed by atoms with E-state index >= 15 is 0 Å². The molecule has 0 unspecified atom stereocenters. The lowest BCUT2D eigenvalue weighted by Gasteiger charge is -2.27. The molecule has 0 heterocycles. The summed E-state index contributed by atoms with van der Waals surface area (Å²) >= 11 is 0. The highest BCUT2D eigenvalue weighted by molar-refractivity contribution is 7.92. The molecule has 0 atom stereocenters. The van der Waals surface area contributed by atoms with Gasteiger partial charge >= 0.3 is 5.97 Å². The van der Waals surface area contributed by atoms with Crippen molar-refractivity contribution < 1.29 is 23.1 Å². The fourth-order valence-electron chi connectivity index (χ4n) is 2.19. The Morgan fingerprint density at radius 1 is 1.17 bits per heavy atom. The molecule has 0 radical (unpaired) electrons. The molecule has 7 nitrogen and oxygen atoms in total. The van der Waals surface area contributed by atoms with Crippen molar-refractivity contribution in [1.29, 1.82) is 0 Å². The Bertz CT molecular complexity index is 681. The van der Waals surface area contributed by atoms with Gasteiger partial charge in [0.25, 0.3) is 5.91 Å². The highest BCUT2D eigenvalue weighted by Gasteiger charge is 2.35. The van der Waals surface area contributed by atoms with Crippen molar-refractivity contribution in [3.63, 3.8) is 0 Å². The predicted molar refractivity (Wildman–Crippen MR) is 87.9 cm³/mol. The number of anilines is 1. The molecule has 1 rings (SSSR count). The second-order valence-electron chi connectivity index (χ2n) is 5.40. The zero-order valence-corrected chi connectivity index (χ0v) is 14.2. The van der Waals surface area contributed by atoms with Crippen LogP contribution in [0, 0.1) is 5.41 Å². The molecule has 0 aromatic heterocycles. The van der Waals surface area contributed by atoms with Gasteiger partial charge in [-0.05, 0) is 25.0 Å². The minimum atomic E-state index is -3.52. The number of para-hydroxylation sites is 1. The fourth-order valence-corrected chi connectivity index (χ4v) is 2.77. The van der Waals surface area contributed by atoms with Crippen LogP contribution in [-0.2, 0) is 14.8 Å². The van der Waals surface area contributed by atoms with Gasteiger partial charge in [0.2, 0.25) is 10.0 Å². The van der Waals surface area contributed by atoms with E-state index in [-0.39, 0.29) is 17.8 Å². The van der Waals surface area contributed by atoms with Gasteiger partial charge in [-0.2, -0.15) is 0 Å². The number of carbonyl (C=O) groups excluding carboxylic acids is 1. The minimum Gasteiger partial charge on any atom is -0.481 e. The van der Waals surface area contributed by atoms with E-state index < -0.39 is 27.3 Å². The molecule has 3 N–H and O–H groups in total. The largest absolute Gasteiger partial charge is 0.481 e. The average molecular weight is 342 g/mol. The lowest BCUT2D eigenvalue weighted by atomic mass is 9.82. The van der Waals surface area contributed by atoms with E-state index in [1.165, 1.54) is 12.1 Å². The Morgan fingerprint density at radius 2 is 1.74 bits per heavy atom. The van der Waals surface area contributed by atoms with Crippen LogP contribution in [0.15, 0.2) is 24.3 Å². The van der Waals surface area contributed by atoms with Crippen molar-refractivity contribution in [2.75, 3.05) is 17.5 Å². The Kier molecular flexibility index (Phi) is 6.14. The van der Waals surface area contributed by atoms with Gasteiger partial charge in [-0.3, -0.25) is 14.3 Å². The predicted octanol–water partition coefficient (Wildman–Crippen LogP) is 1.68. The normalized spacial score (nSPS) is 11.8. The standard InChI is InChI=1S/C15H22N2O5S/c1-4-15(5-2,14(19)20)10-16-13(18)11-8-6-7-9-12(11)17-23(3,21)22/h6-9,17H,4-5,10H2,1-3H3,(H,16,18)(H,19,20). The summed E-state index contributed by atoms with van der Waals surface area (Å²) in [5, 5.41) is 12.0. The SMILES string of the molecule is CCC(CC)(CNC(=O)c1ccccc1NS(C)(=O)=O)C(=O)O. The molecule has 128 valence electrons. The maximum Gasteiger partial charge on any atom is 0.311 e. The molecule has 1 amide bonds. The molecule has 0 fully saturated rings. The number of hydrogen-bond donors (Lipinski definition) is 3. The quantitative estimate of drug-likeness (QED) is 0.665. The first-order chi connectivity index (χ1) is 10.6. The van der Waals surface area contributed by atoms with Gasteiger partial charge in [0.1, 0.15) is 0 Å². The number of carboxylic acids is 1. The summed E-state index contributed by atoms with van der Waals surface area (Å²) < 4.78 is 25.0. The molecule has 0 saturated carbocycles. The number of aliphatic carboxylic acids is 1. The van der Waals surface area contributed by atoms with Gasteiger partial charge in [-0.25, -0.2) is 8.42 Å². The van der Waals surface area contributed by atoms with Crippen LogP contribution < -0.4 is 10.0 Å². The van der Waals surface area contributed by atoms with Crippen LogP contribution in [0.1, 0.15) is 37.0 Å². The first kappa shape index (κ1) is 19.0. The minimum absolute atomic E-state index is 0.0264. The number of benzene rings is 1. The maximum absolute atomic E-state index is 12.3. The number of hydrogen-bond acceptors (Lipinski definition) is 4. The van der Waals surface area contributed by atoms with E-state index in [1.807, 2.05) is 0 Å². The van der Waals surface area contributed by atoms with Crippen LogP contribution >= 0.6 is 0 Å². The van der Waals surface area contributed by atoms with Crippen molar-refractivity contribution in [3.8, 4) is 0 Å². The van der Waals surface area contributed by atoms with Crippen LogP contribution in [0.5, 0.6) is 0 Å². The molecule has 0 bridgehead atoms. The molecule has 0 saturated heterocycles. The van der Waals surface area contributed by atoms with Gasteiger partial charge < -0.3 is 10.4 Å². The van der Waals surface area contributed by atoms with Crippen molar-refractivity contribution >= 4 is 27.6 Å². The van der Waals surface area contributed by atoms with E-state index in [4.69, 9.17) is 0 Å². The van der Waals surface area contributed by atoms with E-state index in [2.05, 4.69) is 10.0 Å². The van der Waals surface area contributed by atoms with E-state index in [0.29, 0.717) is 12.8 Å². The Hall–Kier alpha value is -2.09. The van der Waals surface area contributed by atoms with E-state index in [9.17, 15) is 23.1 Å². The third-order valence-electron chi connectivity index (χ3n) is 3.86. The molecule has 0 aliphatic heterocycles. The highest BCUT2D eigenvalue weighted by Crippen LogP contribution is 2.26. The molecule has 1 aromatic carbocycles. The third-order valence-corrected chi connectivity index (χ3v) is 4.45. The molecular weight excluding hydrogens is 320 g/mol. The fraction of sp³-hybridized carbons (Fsp3) is 0.467. The number of amides is 1. The number of sulfonamides is 1. The second kappa shape index (κ2) is 7.45. The summed E-state index contributed by atoms with van der Waals surface area (Å²) in [6, 6.07) is 6.15. The van der Waals surface area contributed by atoms with Gasteiger partial charge in [0.05, 0.1) is 22.9 Å². The summed E-state index contributed by atoms with van der Waals surface area (Å²) in [5.41, 5.74) is -0.736. The molecular formula is C15H22N2O5S. The third kappa shape index (κ3) is 4.95. The lowest BCUT2D eigenvalue weighted by molar-refractivity contribution is -0.149. The summed E-state index contributed by atoms with van der Waals surface area (Å²) in [4.78, 5) is 23.8. The molecule has 23 heavy (non-hydrogen) atoms. The number of nitrogens with one attached hydrogen (secondary N) is 2. The van der Waals surface area contributed by atoms with Crippen molar-refractivity contribution in [3.05, 3.63) is 29.8 Å². The Morgan fingerprint density at radius 3 is 2.22 bits per heavy atom. The summed E-state index contributed by atoms with van der Waals surface area (Å²) in [5.74, 6) is -1.49. The molecule has 1 aromatic rings. The van der Waals surface area contributed by atoms with E-state index in [1.54, 1.807) is 26.0 Å². The summed E-state index contributed by atoms with van der Waals surface area (Å²) in [6.45, 7) is 3.48. The summed E-state index contributed by atoms with van der Waals surface area (Å²) in [7, 11) is -3.52. The van der Waals surface area contributed by atoms with Crippen molar-refractivity contribution in [1.82, 2.24) is 5.32 Å². The zero-order valence-electron chi connectivity index (χ0n) is 13.4. The lowest BCUT2D eigenvalue weighted by Crippen LogP contribution is -2.42. The smallest absolute Gasteiger partial charge is 0.311 e.